The van der Waals surface area contributed by atoms with Crippen molar-refractivity contribution in [2.45, 2.75) is 52.1 Å². The van der Waals surface area contributed by atoms with Crippen molar-refractivity contribution in [1.29, 1.82) is 0 Å². The standard InChI is InChI=1S/C26H28N2O/c1-26(2)15-23-25(24(29)16-26)21(27-17-18-8-4-3-5-9-18)14-22-20-11-7-6-10-19(20)12-13-28(22)23/h3-11,22H,12-17H2,1-2H3/t22-/m0/s1. The lowest BCUT2D eigenvalue weighted by Crippen LogP contribution is -2.45. The third-order valence-corrected chi connectivity index (χ3v) is 6.58. The summed E-state index contributed by atoms with van der Waals surface area (Å²) in [6.07, 6.45) is 3.45. The van der Waals surface area contributed by atoms with Crippen molar-refractivity contribution in [3.05, 3.63) is 82.6 Å². The van der Waals surface area contributed by atoms with E-state index in [2.05, 4.69) is 67.3 Å². The van der Waals surface area contributed by atoms with Crippen LogP contribution in [0.2, 0.25) is 0 Å². The Morgan fingerprint density at radius 2 is 1.79 bits per heavy atom. The van der Waals surface area contributed by atoms with Crippen molar-refractivity contribution in [2.75, 3.05) is 6.54 Å². The Labute approximate surface area is 173 Å². The average Bonchev–Trinajstić information content (AvgIpc) is 2.71. The molecule has 2 aromatic rings. The highest BCUT2D eigenvalue weighted by atomic mass is 16.1. The van der Waals surface area contributed by atoms with Crippen LogP contribution in [0.4, 0.5) is 0 Å². The van der Waals surface area contributed by atoms with E-state index in [0.29, 0.717) is 19.0 Å². The minimum absolute atomic E-state index is 0.0132. The van der Waals surface area contributed by atoms with E-state index in [1.807, 2.05) is 6.07 Å². The van der Waals surface area contributed by atoms with Gasteiger partial charge in [0, 0.05) is 25.1 Å². The molecule has 148 valence electrons. The Morgan fingerprint density at radius 3 is 2.62 bits per heavy atom. The Bertz CT molecular complexity index is 1020. The Balaban J connectivity index is 1.60. The predicted octanol–water partition coefficient (Wildman–Crippen LogP) is 5.27. The first-order chi connectivity index (χ1) is 14.0. The van der Waals surface area contributed by atoms with Gasteiger partial charge in [-0.15, -0.1) is 0 Å². The molecule has 29 heavy (non-hydrogen) atoms. The van der Waals surface area contributed by atoms with E-state index in [1.165, 1.54) is 22.4 Å². The molecule has 0 saturated carbocycles. The number of hydrogen-bond acceptors (Lipinski definition) is 3. The topological polar surface area (TPSA) is 32.7 Å². The van der Waals surface area contributed by atoms with Crippen molar-refractivity contribution in [3.8, 4) is 0 Å². The molecule has 3 heteroatoms. The molecule has 0 N–H and O–H groups in total. The average molecular weight is 385 g/mol. The summed E-state index contributed by atoms with van der Waals surface area (Å²) in [6.45, 7) is 6.07. The van der Waals surface area contributed by atoms with Crippen LogP contribution in [-0.4, -0.2) is 22.9 Å². The smallest absolute Gasteiger partial charge is 0.166 e. The van der Waals surface area contributed by atoms with Gasteiger partial charge in [0.15, 0.2) is 5.78 Å². The van der Waals surface area contributed by atoms with Crippen LogP contribution < -0.4 is 0 Å². The van der Waals surface area contributed by atoms with Gasteiger partial charge in [-0.25, -0.2) is 0 Å². The van der Waals surface area contributed by atoms with Gasteiger partial charge >= 0.3 is 0 Å². The molecule has 2 aliphatic heterocycles. The van der Waals surface area contributed by atoms with E-state index in [4.69, 9.17) is 4.99 Å². The van der Waals surface area contributed by atoms with Gasteiger partial charge in [-0.05, 0) is 34.9 Å². The quantitative estimate of drug-likeness (QED) is 0.706. The van der Waals surface area contributed by atoms with Crippen molar-refractivity contribution in [3.63, 3.8) is 0 Å². The highest BCUT2D eigenvalue weighted by Gasteiger charge is 2.43. The Kier molecular flexibility index (Phi) is 4.42. The fraction of sp³-hybridized carbons (Fsp3) is 0.385. The van der Waals surface area contributed by atoms with Crippen LogP contribution in [0, 0.1) is 5.41 Å². The van der Waals surface area contributed by atoms with Gasteiger partial charge in [-0.2, -0.15) is 0 Å². The molecule has 0 radical (unpaired) electrons. The van der Waals surface area contributed by atoms with Crippen LogP contribution in [0.15, 0.2) is 70.9 Å². The highest BCUT2D eigenvalue weighted by molar-refractivity contribution is 6.24. The number of fused-ring (bicyclic) bond motifs is 4. The van der Waals surface area contributed by atoms with Crippen LogP contribution in [0.5, 0.6) is 0 Å². The lowest BCUT2D eigenvalue weighted by Gasteiger charge is -2.48. The number of carbonyl (C=O) groups excluding carboxylic acids is 1. The van der Waals surface area contributed by atoms with Crippen LogP contribution in [-0.2, 0) is 17.8 Å². The Hall–Kier alpha value is -2.68. The van der Waals surface area contributed by atoms with E-state index in [0.717, 1.165) is 37.1 Å². The fourth-order valence-corrected chi connectivity index (χ4v) is 5.25. The molecule has 0 aromatic heterocycles. The predicted molar refractivity (Wildman–Crippen MR) is 117 cm³/mol. The first-order valence-corrected chi connectivity index (χ1v) is 10.7. The summed E-state index contributed by atoms with van der Waals surface area (Å²) in [7, 11) is 0. The van der Waals surface area contributed by atoms with Crippen molar-refractivity contribution < 1.29 is 4.79 Å². The summed E-state index contributed by atoms with van der Waals surface area (Å²) in [5, 5.41) is 0. The monoisotopic (exact) mass is 384 g/mol. The van der Waals surface area contributed by atoms with Gasteiger partial charge in [-0.3, -0.25) is 9.79 Å². The largest absolute Gasteiger partial charge is 0.366 e. The van der Waals surface area contributed by atoms with Crippen molar-refractivity contribution in [1.82, 2.24) is 4.90 Å². The summed E-state index contributed by atoms with van der Waals surface area (Å²) in [5.74, 6) is 0.278. The maximum absolute atomic E-state index is 13.2. The zero-order chi connectivity index (χ0) is 20.0. The summed E-state index contributed by atoms with van der Waals surface area (Å²) >= 11 is 0. The van der Waals surface area contributed by atoms with Crippen LogP contribution in [0.25, 0.3) is 0 Å². The molecule has 0 fully saturated rings. The van der Waals surface area contributed by atoms with Gasteiger partial charge in [0.25, 0.3) is 0 Å². The molecule has 0 bridgehead atoms. The second-order valence-electron chi connectivity index (χ2n) is 9.37. The first kappa shape index (κ1) is 18.4. The molecule has 3 nitrogen and oxygen atoms in total. The normalized spacial score (nSPS) is 24.2. The maximum Gasteiger partial charge on any atom is 0.166 e. The lowest BCUT2D eigenvalue weighted by atomic mass is 9.71. The van der Waals surface area contributed by atoms with Crippen LogP contribution >= 0.6 is 0 Å². The summed E-state index contributed by atoms with van der Waals surface area (Å²) < 4.78 is 0. The zero-order valence-electron chi connectivity index (χ0n) is 17.3. The molecule has 1 atom stereocenters. The number of Topliss-reactive ketones (excluding diaryl/α,β-unsaturated/α-hetero) is 1. The minimum atomic E-state index is 0.0132. The highest BCUT2D eigenvalue weighted by Crippen LogP contribution is 2.47. The van der Waals surface area contributed by atoms with E-state index in [9.17, 15) is 4.79 Å². The van der Waals surface area contributed by atoms with Gasteiger partial charge < -0.3 is 4.90 Å². The molecule has 0 amide bonds. The van der Waals surface area contributed by atoms with Gasteiger partial charge in [0.2, 0.25) is 0 Å². The second kappa shape index (κ2) is 6.98. The summed E-state index contributed by atoms with van der Waals surface area (Å²) in [5.41, 5.74) is 7.24. The second-order valence-corrected chi connectivity index (χ2v) is 9.37. The SMILES string of the molecule is CC1(C)CC(=O)C2=C(C1)N1CCc3ccccc3[C@@H]1CC2=NCc1ccccc1. The molecular formula is C26H28N2O. The number of carbonyl (C=O) groups is 1. The molecular weight excluding hydrogens is 356 g/mol. The number of aliphatic imine (C=N–C) groups is 1. The lowest BCUT2D eigenvalue weighted by molar-refractivity contribution is -0.118. The number of hydrogen-bond donors (Lipinski definition) is 0. The Morgan fingerprint density at radius 1 is 1.03 bits per heavy atom. The number of benzene rings is 2. The number of allylic oxidation sites excluding steroid dienone is 2. The molecule has 5 rings (SSSR count). The van der Waals surface area contributed by atoms with Gasteiger partial charge in [0.1, 0.15) is 0 Å². The fourth-order valence-electron chi connectivity index (χ4n) is 5.25. The van der Waals surface area contributed by atoms with E-state index in [-0.39, 0.29) is 11.2 Å². The molecule has 0 unspecified atom stereocenters. The number of rotatable bonds is 2. The molecule has 3 aliphatic rings. The third-order valence-electron chi connectivity index (χ3n) is 6.58. The molecule has 1 aliphatic carbocycles. The molecule has 2 aromatic carbocycles. The minimum Gasteiger partial charge on any atom is -0.366 e. The first-order valence-electron chi connectivity index (χ1n) is 10.7. The van der Waals surface area contributed by atoms with Crippen molar-refractivity contribution in [2.24, 2.45) is 10.4 Å². The van der Waals surface area contributed by atoms with E-state index in [1.54, 1.807) is 0 Å². The molecule has 0 spiro atoms. The number of nitrogens with zero attached hydrogens (tertiary/aromatic N) is 2. The molecule has 0 saturated heterocycles. The summed E-state index contributed by atoms with van der Waals surface area (Å²) in [4.78, 5) is 20.8. The van der Waals surface area contributed by atoms with Crippen LogP contribution in [0.3, 0.4) is 0 Å². The van der Waals surface area contributed by atoms with Gasteiger partial charge in [-0.1, -0.05) is 68.4 Å². The van der Waals surface area contributed by atoms with Crippen LogP contribution in [0.1, 0.15) is 55.8 Å². The summed E-state index contributed by atoms with van der Waals surface area (Å²) in [6, 6.07) is 19.4. The van der Waals surface area contributed by atoms with Gasteiger partial charge in [0.05, 0.1) is 23.9 Å². The molecule has 2 heterocycles. The zero-order valence-corrected chi connectivity index (χ0v) is 17.3. The maximum atomic E-state index is 13.2. The van der Waals surface area contributed by atoms with E-state index >= 15 is 0 Å². The van der Waals surface area contributed by atoms with E-state index < -0.39 is 0 Å². The number of ketones is 1. The third kappa shape index (κ3) is 3.33. The van der Waals surface area contributed by atoms with Crippen molar-refractivity contribution >= 4 is 11.5 Å².